The molecule has 0 radical (unpaired) electrons. The van der Waals surface area contributed by atoms with Crippen LogP contribution in [0.2, 0.25) is 0 Å². The highest BCUT2D eigenvalue weighted by molar-refractivity contribution is 5.99. The second-order valence-corrected chi connectivity index (χ2v) is 12.4. The van der Waals surface area contributed by atoms with Gasteiger partial charge in [0.25, 0.3) is 5.91 Å². The van der Waals surface area contributed by atoms with Crippen molar-refractivity contribution in [3.05, 3.63) is 101 Å². The van der Waals surface area contributed by atoms with Gasteiger partial charge in [-0.15, -0.1) is 0 Å². The molecule has 10 heteroatoms. The Morgan fingerprint density at radius 3 is 2.30 bits per heavy atom. The maximum absolute atomic E-state index is 13.5. The van der Waals surface area contributed by atoms with Crippen molar-refractivity contribution in [2.24, 2.45) is 0 Å². The lowest BCUT2D eigenvalue weighted by Crippen LogP contribution is -2.50. The van der Waals surface area contributed by atoms with Crippen molar-refractivity contribution >= 4 is 23.6 Å². The first kappa shape index (κ1) is 33.7. The van der Waals surface area contributed by atoms with Crippen LogP contribution in [-0.2, 0) is 33.9 Å². The first-order valence-electron chi connectivity index (χ1n) is 16.5. The van der Waals surface area contributed by atoms with Gasteiger partial charge in [0.2, 0.25) is 17.7 Å². The van der Waals surface area contributed by atoms with Gasteiger partial charge in [-0.3, -0.25) is 24.1 Å². The summed E-state index contributed by atoms with van der Waals surface area (Å²) in [4.78, 5) is 57.6. The molecule has 0 unspecified atom stereocenters. The molecule has 5 rings (SSSR count). The molecular weight excluding hydrogens is 594 g/mol. The van der Waals surface area contributed by atoms with Crippen molar-refractivity contribution in [3.63, 3.8) is 0 Å². The summed E-state index contributed by atoms with van der Waals surface area (Å²) in [5.74, 6) is -1.16. The van der Waals surface area contributed by atoms with E-state index in [-0.39, 0.29) is 49.9 Å². The number of carbonyl (C=O) groups is 4. The molecule has 10 nitrogen and oxygen atoms in total. The van der Waals surface area contributed by atoms with E-state index in [2.05, 4.69) is 33.0 Å². The van der Waals surface area contributed by atoms with Gasteiger partial charge in [0, 0.05) is 33.0 Å². The first-order valence-corrected chi connectivity index (χ1v) is 16.5. The number of nitrogens with one attached hydrogen (secondary N) is 3. The molecule has 3 N–H and O–H groups in total. The number of rotatable bonds is 7. The summed E-state index contributed by atoms with van der Waals surface area (Å²) in [7, 11) is 1.66. The molecule has 2 heterocycles. The highest BCUT2D eigenvalue weighted by Crippen LogP contribution is 2.19. The molecule has 2 aliphatic heterocycles. The van der Waals surface area contributed by atoms with Crippen molar-refractivity contribution in [1.29, 1.82) is 0 Å². The predicted molar refractivity (Wildman–Crippen MR) is 180 cm³/mol. The number of hydrogen-bond acceptors (Lipinski definition) is 6. The van der Waals surface area contributed by atoms with Crippen molar-refractivity contribution in [3.8, 4) is 5.75 Å². The average Bonchev–Trinajstić information content (AvgIpc) is 3.09. The summed E-state index contributed by atoms with van der Waals surface area (Å²) >= 11 is 0. The number of fused-ring (bicyclic) bond motifs is 1. The molecule has 0 spiro atoms. The Kier molecular flexibility index (Phi) is 12.0. The molecule has 1 fully saturated rings. The van der Waals surface area contributed by atoms with Crippen LogP contribution in [0.1, 0.15) is 59.2 Å². The fourth-order valence-electron chi connectivity index (χ4n) is 6.00. The van der Waals surface area contributed by atoms with Crippen molar-refractivity contribution < 1.29 is 23.9 Å². The molecule has 0 bridgehead atoms. The predicted octanol–water partition coefficient (Wildman–Crippen LogP) is 3.45. The Hall–Kier alpha value is -4.70. The lowest BCUT2D eigenvalue weighted by atomic mass is 10.0. The second kappa shape index (κ2) is 16.7. The zero-order valence-electron chi connectivity index (χ0n) is 27.1. The molecule has 0 aliphatic carbocycles. The maximum Gasteiger partial charge on any atom is 0.255 e. The average molecular weight is 640 g/mol. The number of ether oxygens (including phenoxy) is 1. The summed E-state index contributed by atoms with van der Waals surface area (Å²) in [6.07, 6.45) is 4.08. The number of likely N-dealkylation sites (N-methyl/N-ethyl adjacent to an activating group) is 1. The van der Waals surface area contributed by atoms with Crippen molar-refractivity contribution in [2.45, 2.75) is 63.7 Å². The van der Waals surface area contributed by atoms with Gasteiger partial charge in [0.1, 0.15) is 24.4 Å². The van der Waals surface area contributed by atoms with Crippen LogP contribution in [0.4, 0.5) is 0 Å². The molecule has 0 saturated carbocycles. The number of nitrogens with zero attached hydrogens (tertiary/aromatic N) is 2. The zero-order valence-corrected chi connectivity index (χ0v) is 27.1. The van der Waals surface area contributed by atoms with Crippen LogP contribution in [0.25, 0.3) is 0 Å². The zero-order chi connectivity index (χ0) is 33.0. The van der Waals surface area contributed by atoms with Gasteiger partial charge in [-0.25, -0.2) is 0 Å². The lowest BCUT2D eigenvalue weighted by molar-refractivity contribution is -0.135. The highest BCUT2D eigenvalue weighted by Gasteiger charge is 2.28. The molecular formula is C37H45N5O5. The molecule has 248 valence electrons. The topological polar surface area (TPSA) is 120 Å². The van der Waals surface area contributed by atoms with E-state index in [9.17, 15) is 19.2 Å². The Bertz CT molecular complexity index is 1510. The number of piperidine rings is 1. The Balaban J connectivity index is 1.28. The summed E-state index contributed by atoms with van der Waals surface area (Å²) < 4.78 is 5.94. The van der Waals surface area contributed by atoms with Crippen LogP contribution in [0.3, 0.4) is 0 Å². The monoisotopic (exact) mass is 639 g/mol. The molecule has 4 amide bonds. The number of hydrogen-bond donors (Lipinski definition) is 3. The van der Waals surface area contributed by atoms with Crippen LogP contribution in [0.15, 0.2) is 78.9 Å². The van der Waals surface area contributed by atoms with E-state index in [4.69, 9.17) is 4.74 Å². The SMILES string of the molecule is CN1CCOc2ccccc2C(=O)N[C@H](C(=O)NCc2ccc(CN3CCCCC3)cc2)CCC(=O)N[C@@H](Cc2ccccc2)C1=O. The minimum absolute atomic E-state index is 0.0449. The van der Waals surface area contributed by atoms with Crippen molar-refractivity contribution in [2.75, 3.05) is 33.3 Å². The number of amides is 4. The molecule has 0 aromatic heterocycles. The van der Waals surface area contributed by atoms with E-state index in [1.165, 1.54) is 29.7 Å². The standard InChI is InChI=1S/C37H45N5O5/c1-41-22-23-47-33-13-7-6-12-30(33)35(44)40-31(18-19-34(43)39-32(37(41)46)24-27-10-4-2-5-11-27)36(45)38-25-28-14-16-29(17-15-28)26-42-20-8-3-9-21-42/h2,4-7,10-17,31-32H,3,8-9,18-26H2,1H3,(H,38,45)(H,39,43)(H,40,44)/t31-,32-/m0/s1. The van der Waals surface area contributed by atoms with E-state index in [0.29, 0.717) is 12.2 Å². The minimum atomic E-state index is -0.990. The summed E-state index contributed by atoms with van der Waals surface area (Å²) in [5, 5.41) is 8.64. The fourth-order valence-corrected chi connectivity index (χ4v) is 6.00. The van der Waals surface area contributed by atoms with Crippen LogP contribution in [-0.4, -0.2) is 78.8 Å². The smallest absolute Gasteiger partial charge is 0.255 e. The molecule has 3 aromatic carbocycles. The van der Waals surface area contributed by atoms with Gasteiger partial charge in [0.05, 0.1) is 12.1 Å². The van der Waals surface area contributed by atoms with Crippen molar-refractivity contribution in [1.82, 2.24) is 25.8 Å². The lowest BCUT2D eigenvalue weighted by Gasteiger charge is -2.26. The second-order valence-electron chi connectivity index (χ2n) is 12.4. The third-order valence-corrected chi connectivity index (χ3v) is 8.73. The molecule has 1 saturated heterocycles. The van der Waals surface area contributed by atoms with Gasteiger partial charge in [-0.05, 0) is 61.2 Å². The minimum Gasteiger partial charge on any atom is -0.491 e. The number of carbonyl (C=O) groups excluding carboxylic acids is 4. The van der Waals surface area contributed by atoms with Gasteiger partial charge in [-0.2, -0.15) is 0 Å². The van der Waals surface area contributed by atoms with Crippen LogP contribution in [0.5, 0.6) is 5.75 Å². The van der Waals surface area contributed by atoms with Crippen LogP contribution >= 0.6 is 0 Å². The van der Waals surface area contributed by atoms with Gasteiger partial charge in [-0.1, -0.05) is 73.2 Å². The Labute approximate surface area is 276 Å². The third-order valence-electron chi connectivity index (χ3n) is 8.73. The number of benzene rings is 3. The van der Waals surface area contributed by atoms with Gasteiger partial charge in [0.15, 0.2) is 0 Å². The van der Waals surface area contributed by atoms with E-state index >= 15 is 0 Å². The van der Waals surface area contributed by atoms with E-state index in [1.54, 1.807) is 31.3 Å². The molecule has 2 aliphatic rings. The molecule has 2 atom stereocenters. The first-order chi connectivity index (χ1) is 22.9. The maximum atomic E-state index is 13.5. The number of likely N-dealkylation sites (tertiary alicyclic amines) is 1. The summed E-state index contributed by atoms with van der Waals surface area (Å²) in [5.41, 5.74) is 3.35. The van der Waals surface area contributed by atoms with Crippen LogP contribution < -0.4 is 20.7 Å². The summed E-state index contributed by atoms with van der Waals surface area (Å²) in [6, 6.07) is 22.7. The van der Waals surface area contributed by atoms with E-state index in [1.807, 2.05) is 42.5 Å². The van der Waals surface area contributed by atoms with Crippen LogP contribution in [0, 0.1) is 0 Å². The van der Waals surface area contributed by atoms with Gasteiger partial charge < -0.3 is 25.6 Å². The normalized spacial score (nSPS) is 20.1. The van der Waals surface area contributed by atoms with E-state index < -0.39 is 23.9 Å². The quantitative estimate of drug-likeness (QED) is 0.365. The molecule has 47 heavy (non-hydrogen) atoms. The molecule has 3 aromatic rings. The van der Waals surface area contributed by atoms with Gasteiger partial charge >= 0.3 is 0 Å². The largest absolute Gasteiger partial charge is 0.491 e. The summed E-state index contributed by atoms with van der Waals surface area (Å²) in [6.45, 7) is 3.84. The Morgan fingerprint density at radius 1 is 0.830 bits per heavy atom. The fraction of sp³-hybridized carbons (Fsp3) is 0.405. The highest BCUT2D eigenvalue weighted by atomic mass is 16.5. The Morgan fingerprint density at radius 2 is 1.53 bits per heavy atom. The third kappa shape index (κ3) is 9.89. The van der Waals surface area contributed by atoms with E-state index in [0.717, 1.165) is 30.8 Å². The number of para-hydroxylation sites is 1.